The summed E-state index contributed by atoms with van der Waals surface area (Å²) in [6.07, 6.45) is 0.719. The molecule has 1 rings (SSSR count). The molecule has 0 aliphatic heterocycles. The summed E-state index contributed by atoms with van der Waals surface area (Å²) < 4.78 is 0. The number of hydrogen-bond donors (Lipinski definition) is 2. The van der Waals surface area contributed by atoms with Crippen molar-refractivity contribution in [1.29, 1.82) is 0 Å². The summed E-state index contributed by atoms with van der Waals surface area (Å²) in [5.41, 5.74) is 0.354. The van der Waals surface area contributed by atoms with Crippen molar-refractivity contribution in [3.63, 3.8) is 0 Å². The highest BCUT2D eigenvalue weighted by atomic mass is 35.5. The summed E-state index contributed by atoms with van der Waals surface area (Å²) in [6, 6.07) is 5.43. The third-order valence-electron chi connectivity index (χ3n) is 2.52. The van der Waals surface area contributed by atoms with Gasteiger partial charge in [-0.2, -0.15) is 0 Å². The molecule has 2 N–H and O–H groups in total. The van der Waals surface area contributed by atoms with Gasteiger partial charge in [-0.25, -0.2) is 0 Å². The summed E-state index contributed by atoms with van der Waals surface area (Å²) >= 11 is 11.8. The fraction of sp³-hybridized carbons (Fsp3) is 0.500. The van der Waals surface area contributed by atoms with Crippen LogP contribution in [0.25, 0.3) is 0 Å². The number of benzene rings is 1. The van der Waals surface area contributed by atoms with Gasteiger partial charge in [0.15, 0.2) is 0 Å². The molecule has 0 radical (unpaired) electrons. The van der Waals surface area contributed by atoms with E-state index in [1.54, 1.807) is 6.07 Å². The van der Waals surface area contributed by atoms with Gasteiger partial charge in [-0.1, -0.05) is 30.1 Å². The Hall–Kier alpha value is -0.280. The molecule has 0 bridgehead atoms. The smallest absolute Gasteiger partial charge is 0.0741 e. The minimum atomic E-state index is -0.664. The highest BCUT2D eigenvalue weighted by Gasteiger charge is 2.16. The number of nitrogens with one attached hydrogen (secondary N) is 1. The van der Waals surface area contributed by atoms with Gasteiger partial charge in [0.1, 0.15) is 0 Å². The van der Waals surface area contributed by atoms with E-state index in [4.69, 9.17) is 23.2 Å². The van der Waals surface area contributed by atoms with Gasteiger partial charge < -0.3 is 10.4 Å². The van der Waals surface area contributed by atoms with Gasteiger partial charge in [0, 0.05) is 23.1 Å². The molecule has 0 aliphatic carbocycles. The molecule has 0 saturated heterocycles. The van der Waals surface area contributed by atoms with E-state index in [-0.39, 0.29) is 0 Å². The molecule has 0 spiro atoms. The summed E-state index contributed by atoms with van der Waals surface area (Å²) in [6.45, 7) is 4.97. The van der Waals surface area contributed by atoms with Crippen LogP contribution >= 0.6 is 23.2 Å². The van der Waals surface area contributed by atoms with Crippen molar-refractivity contribution in [3.05, 3.63) is 33.8 Å². The first-order valence-corrected chi connectivity index (χ1v) is 6.06. The average molecular weight is 262 g/mol. The van der Waals surface area contributed by atoms with E-state index < -0.39 is 5.60 Å². The van der Waals surface area contributed by atoms with Gasteiger partial charge in [0.2, 0.25) is 0 Å². The van der Waals surface area contributed by atoms with E-state index in [1.165, 1.54) is 0 Å². The lowest BCUT2D eigenvalue weighted by Crippen LogP contribution is -2.36. The van der Waals surface area contributed by atoms with E-state index in [1.807, 2.05) is 26.0 Å². The molecule has 4 heteroatoms. The van der Waals surface area contributed by atoms with Gasteiger partial charge in [-0.05, 0) is 37.1 Å². The normalized spacial score (nSPS) is 14.8. The zero-order valence-corrected chi connectivity index (χ0v) is 11.1. The molecule has 2 nitrogen and oxygen atoms in total. The standard InChI is InChI=1S/C12H17Cl2NO/c1-3-12(2,16)8-15-7-9-4-10(13)6-11(14)5-9/h4-6,15-16H,3,7-8H2,1-2H3. The van der Waals surface area contributed by atoms with E-state index >= 15 is 0 Å². The summed E-state index contributed by atoms with van der Waals surface area (Å²) in [7, 11) is 0. The van der Waals surface area contributed by atoms with Crippen LogP contribution in [0.5, 0.6) is 0 Å². The van der Waals surface area contributed by atoms with Crippen molar-refractivity contribution in [2.75, 3.05) is 6.54 Å². The second-order valence-electron chi connectivity index (χ2n) is 4.23. The maximum absolute atomic E-state index is 9.80. The molecule has 0 aromatic heterocycles. The molecule has 16 heavy (non-hydrogen) atoms. The van der Waals surface area contributed by atoms with Crippen LogP contribution in [0, 0.1) is 0 Å². The van der Waals surface area contributed by atoms with Crippen LogP contribution in [0.2, 0.25) is 10.0 Å². The lowest BCUT2D eigenvalue weighted by Gasteiger charge is -2.21. The molecule has 0 heterocycles. The predicted octanol–water partition coefficient (Wildman–Crippen LogP) is 3.24. The van der Waals surface area contributed by atoms with Crippen LogP contribution in [-0.4, -0.2) is 17.3 Å². The van der Waals surface area contributed by atoms with Crippen molar-refractivity contribution in [2.45, 2.75) is 32.4 Å². The largest absolute Gasteiger partial charge is 0.389 e. The number of aliphatic hydroxyl groups is 1. The highest BCUT2D eigenvalue weighted by Crippen LogP contribution is 2.19. The quantitative estimate of drug-likeness (QED) is 0.853. The van der Waals surface area contributed by atoms with Crippen molar-refractivity contribution in [3.8, 4) is 0 Å². The first-order valence-electron chi connectivity index (χ1n) is 5.31. The van der Waals surface area contributed by atoms with Crippen LogP contribution in [-0.2, 0) is 6.54 Å². The first-order chi connectivity index (χ1) is 7.43. The molecule has 1 aromatic carbocycles. The van der Waals surface area contributed by atoms with Crippen molar-refractivity contribution in [2.24, 2.45) is 0 Å². The maximum Gasteiger partial charge on any atom is 0.0741 e. The van der Waals surface area contributed by atoms with E-state index in [0.29, 0.717) is 23.1 Å². The molecule has 1 atom stereocenters. The third-order valence-corrected chi connectivity index (χ3v) is 2.96. The molecule has 90 valence electrons. The zero-order valence-electron chi connectivity index (χ0n) is 9.56. The molecular weight excluding hydrogens is 245 g/mol. The second kappa shape index (κ2) is 5.87. The SMILES string of the molecule is CCC(C)(O)CNCc1cc(Cl)cc(Cl)c1. The van der Waals surface area contributed by atoms with Crippen LogP contribution in [0.1, 0.15) is 25.8 Å². The number of rotatable bonds is 5. The molecule has 0 amide bonds. The minimum absolute atomic E-state index is 0.549. The van der Waals surface area contributed by atoms with Crippen molar-refractivity contribution in [1.82, 2.24) is 5.32 Å². The summed E-state index contributed by atoms with van der Waals surface area (Å²) in [4.78, 5) is 0. The minimum Gasteiger partial charge on any atom is -0.389 e. The van der Waals surface area contributed by atoms with E-state index in [9.17, 15) is 5.11 Å². The third kappa shape index (κ3) is 4.71. The van der Waals surface area contributed by atoms with Crippen molar-refractivity contribution >= 4 is 23.2 Å². The van der Waals surface area contributed by atoms with E-state index in [0.717, 1.165) is 12.0 Å². The second-order valence-corrected chi connectivity index (χ2v) is 5.10. The average Bonchev–Trinajstić information content (AvgIpc) is 2.16. The lowest BCUT2D eigenvalue weighted by molar-refractivity contribution is 0.0556. The van der Waals surface area contributed by atoms with Gasteiger partial charge >= 0.3 is 0 Å². The monoisotopic (exact) mass is 261 g/mol. The molecular formula is C12H17Cl2NO. The van der Waals surface area contributed by atoms with Crippen LogP contribution in [0.4, 0.5) is 0 Å². The maximum atomic E-state index is 9.80. The van der Waals surface area contributed by atoms with Gasteiger partial charge in [0.05, 0.1) is 5.60 Å². The Morgan fingerprint density at radius 1 is 1.25 bits per heavy atom. The van der Waals surface area contributed by atoms with Gasteiger partial charge in [-0.15, -0.1) is 0 Å². The number of hydrogen-bond acceptors (Lipinski definition) is 2. The Kier molecular flexibility index (Phi) is 5.06. The zero-order chi connectivity index (χ0) is 12.2. The molecule has 0 aliphatic rings. The fourth-order valence-corrected chi connectivity index (χ4v) is 1.89. The fourth-order valence-electron chi connectivity index (χ4n) is 1.31. The van der Waals surface area contributed by atoms with Gasteiger partial charge in [-0.3, -0.25) is 0 Å². The predicted molar refractivity (Wildman–Crippen MR) is 69.1 cm³/mol. The molecule has 0 saturated carbocycles. The molecule has 1 unspecified atom stereocenters. The topological polar surface area (TPSA) is 32.3 Å². The van der Waals surface area contributed by atoms with Gasteiger partial charge in [0.25, 0.3) is 0 Å². The first kappa shape index (κ1) is 13.8. The van der Waals surface area contributed by atoms with E-state index in [2.05, 4.69) is 5.32 Å². The molecule has 0 fully saturated rings. The molecule has 1 aromatic rings. The van der Waals surface area contributed by atoms with Crippen molar-refractivity contribution < 1.29 is 5.11 Å². The Morgan fingerprint density at radius 2 is 1.81 bits per heavy atom. The summed E-state index contributed by atoms with van der Waals surface area (Å²) in [5, 5.41) is 14.2. The van der Waals surface area contributed by atoms with Crippen LogP contribution in [0.3, 0.4) is 0 Å². The van der Waals surface area contributed by atoms with Crippen LogP contribution < -0.4 is 5.32 Å². The Balaban J connectivity index is 2.49. The number of halogens is 2. The lowest BCUT2D eigenvalue weighted by atomic mass is 10.0. The Labute approximate surface area is 107 Å². The summed E-state index contributed by atoms with van der Waals surface area (Å²) in [5.74, 6) is 0. The Morgan fingerprint density at radius 3 is 2.31 bits per heavy atom. The Bertz CT molecular complexity index is 333. The highest BCUT2D eigenvalue weighted by molar-refractivity contribution is 6.34. The van der Waals surface area contributed by atoms with Crippen LogP contribution in [0.15, 0.2) is 18.2 Å².